The number of aryl methyl sites for hydroxylation is 1. The molecule has 0 amide bonds. The molecule has 7 heteroatoms. The van der Waals surface area contributed by atoms with Crippen LogP contribution in [0.1, 0.15) is 24.8 Å². The SMILES string of the molecule is O=C(O)[C@@H]1CCCN1S(=O)(=O)c1ccc2c(c1)CCCO2. The molecule has 3 rings (SSSR count). The Bertz CT molecular complexity index is 670. The van der Waals surface area contributed by atoms with E-state index in [9.17, 15) is 13.2 Å². The number of benzene rings is 1. The van der Waals surface area contributed by atoms with Gasteiger partial charge in [-0.05, 0) is 49.4 Å². The van der Waals surface area contributed by atoms with Crippen molar-refractivity contribution in [2.24, 2.45) is 0 Å². The fourth-order valence-corrected chi connectivity index (χ4v) is 4.61. The van der Waals surface area contributed by atoms with E-state index < -0.39 is 22.0 Å². The molecule has 6 nitrogen and oxygen atoms in total. The number of fused-ring (bicyclic) bond motifs is 1. The molecule has 0 radical (unpaired) electrons. The first-order chi connectivity index (χ1) is 10.00. The van der Waals surface area contributed by atoms with Gasteiger partial charge in [0.15, 0.2) is 0 Å². The third kappa shape index (κ3) is 2.51. The van der Waals surface area contributed by atoms with Crippen LogP contribution in [-0.4, -0.2) is 43.0 Å². The van der Waals surface area contributed by atoms with Crippen LogP contribution < -0.4 is 4.74 Å². The zero-order valence-electron chi connectivity index (χ0n) is 11.5. The quantitative estimate of drug-likeness (QED) is 0.908. The number of aliphatic carboxylic acids is 1. The highest BCUT2D eigenvalue weighted by molar-refractivity contribution is 7.89. The first kappa shape index (κ1) is 14.3. The van der Waals surface area contributed by atoms with E-state index in [1.54, 1.807) is 12.1 Å². The second kappa shape index (κ2) is 5.31. The summed E-state index contributed by atoms with van der Waals surface area (Å²) < 4.78 is 31.9. The number of nitrogens with zero attached hydrogens (tertiary/aromatic N) is 1. The van der Waals surface area contributed by atoms with E-state index in [2.05, 4.69) is 0 Å². The molecule has 2 aliphatic rings. The summed E-state index contributed by atoms with van der Waals surface area (Å²) in [5.74, 6) is -0.367. The summed E-state index contributed by atoms with van der Waals surface area (Å²) >= 11 is 0. The van der Waals surface area contributed by atoms with Gasteiger partial charge in [-0.25, -0.2) is 8.42 Å². The fourth-order valence-electron chi connectivity index (χ4n) is 2.91. The number of sulfonamides is 1. The van der Waals surface area contributed by atoms with Crippen molar-refractivity contribution in [3.63, 3.8) is 0 Å². The second-order valence-electron chi connectivity index (χ2n) is 5.33. The molecule has 0 aliphatic carbocycles. The highest BCUT2D eigenvalue weighted by Crippen LogP contribution is 2.31. The average Bonchev–Trinajstić information content (AvgIpc) is 2.97. The van der Waals surface area contributed by atoms with E-state index in [4.69, 9.17) is 9.84 Å². The Morgan fingerprint density at radius 2 is 2.14 bits per heavy atom. The molecule has 1 aromatic carbocycles. The highest BCUT2D eigenvalue weighted by Gasteiger charge is 2.39. The van der Waals surface area contributed by atoms with E-state index in [1.807, 2.05) is 0 Å². The van der Waals surface area contributed by atoms with Crippen LogP contribution in [0.15, 0.2) is 23.1 Å². The van der Waals surface area contributed by atoms with Crippen LogP contribution in [0.25, 0.3) is 0 Å². The molecule has 21 heavy (non-hydrogen) atoms. The number of hydrogen-bond donors (Lipinski definition) is 1. The molecular formula is C14H17NO5S. The average molecular weight is 311 g/mol. The van der Waals surface area contributed by atoms with Crippen molar-refractivity contribution in [2.75, 3.05) is 13.2 Å². The number of carbonyl (C=O) groups is 1. The van der Waals surface area contributed by atoms with E-state index in [0.717, 1.165) is 28.5 Å². The van der Waals surface area contributed by atoms with Crippen molar-refractivity contribution in [3.05, 3.63) is 23.8 Å². The molecule has 1 saturated heterocycles. The van der Waals surface area contributed by atoms with Gasteiger partial charge in [-0.2, -0.15) is 4.31 Å². The monoisotopic (exact) mass is 311 g/mol. The lowest BCUT2D eigenvalue weighted by Crippen LogP contribution is -2.40. The number of rotatable bonds is 3. The topological polar surface area (TPSA) is 83.9 Å². The first-order valence-electron chi connectivity index (χ1n) is 7.00. The first-order valence-corrected chi connectivity index (χ1v) is 8.44. The van der Waals surface area contributed by atoms with Crippen molar-refractivity contribution < 1.29 is 23.1 Å². The highest BCUT2D eigenvalue weighted by atomic mass is 32.2. The molecule has 1 fully saturated rings. The van der Waals surface area contributed by atoms with Crippen LogP contribution in [0.3, 0.4) is 0 Å². The summed E-state index contributed by atoms with van der Waals surface area (Å²) in [6.45, 7) is 0.902. The lowest BCUT2D eigenvalue weighted by Gasteiger charge is -2.23. The lowest BCUT2D eigenvalue weighted by atomic mass is 10.1. The van der Waals surface area contributed by atoms with Crippen molar-refractivity contribution in [1.29, 1.82) is 0 Å². The number of carboxylic acids is 1. The van der Waals surface area contributed by atoms with Crippen LogP contribution in [0.5, 0.6) is 5.75 Å². The zero-order chi connectivity index (χ0) is 15.0. The van der Waals surface area contributed by atoms with Gasteiger partial charge >= 0.3 is 5.97 Å². The molecular weight excluding hydrogens is 294 g/mol. The van der Waals surface area contributed by atoms with Gasteiger partial charge < -0.3 is 9.84 Å². The van der Waals surface area contributed by atoms with Gasteiger partial charge in [0.2, 0.25) is 10.0 Å². The minimum absolute atomic E-state index is 0.153. The van der Waals surface area contributed by atoms with Gasteiger partial charge in [0, 0.05) is 6.54 Å². The van der Waals surface area contributed by atoms with Crippen LogP contribution in [0.4, 0.5) is 0 Å². The molecule has 0 bridgehead atoms. The summed E-state index contributed by atoms with van der Waals surface area (Å²) in [6.07, 6.45) is 2.58. The van der Waals surface area contributed by atoms with Gasteiger partial charge in [-0.1, -0.05) is 0 Å². The van der Waals surface area contributed by atoms with Gasteiger partial charge in [0.1, 0.15) is 11.8 Å². The standard InChI is InChI=1S/C14H17NO5S/c16-14(17)12-4-1-7-15(12)21(18,19)11-5-6-13-10(9-11)3-2-8-20-13/h5-6,9,12H,1-4,7-8H2,(H,16,17)/t12-/m0/s1. The van der Waals surface area contributed by atoms with Gasteiger partial charge in [0.05, 0.1) is 11.5 Å². The predicted molar refractivity (Wildman–Crippen MR) is 74.8 cm³/mol. The van der Waals surface area contributed by atoms with Crippen LogP contribution in [-0.2, 0) is 21.2 Å². The van der Waals surface area contributed by atoms with Gasteiger partial charge in [0.25, 0.3) is 0 Å². The Hall–Kier alpha value is -1.60. The molecule has 2 aliphatic heterocycles. The molecule has 0 aromatic heterocycles. The van der Waals surface area contributed by atoms with E-state index in [0.29, 0.717) is 19.4 Å². The molecule has 0 spiro atoms. The number of carboxylic acid groups (broad SMARTS) is 1. The Balaban J connectivity index is 1.96. The van der Waals surface area contributed by atoms with E-state index >= 15 is 0 Å². The van der Waals surface area contributed by atoms with Crippen molar-refractivity contribution >= 4 is 16.0 Å². The second-order valence-corrected chi connectivity index (χ2v) is 7.22. The summed E-state index contributed by atoms with van der Waals surface area (Å²) in [5.41, 5.74) is 0.869. The lowest BCUT2D eigenvalue weighted by molar-refractivity contribution is -0.140. The summed E-state index contributed by atoms with van der Waals surface area (Å²) in [4.78, 5) is 11.3. The number of ether oxygens (including phenoxy) is 1. The number of hydrogen-bond acceptors (Lipinski definition) is 4. The normalized spacial score (nSPS) is 22.6. The summed E-state index contributed by atoms with van der Waals surface area (Å²) in [6, 6.07) is 3.81. The molecule has 0 saturated carbocycles. The van der Waals surface area contributed by atoms with Crippen molar-refractivity contribution in [2.45, 2.75) is 36.6 Å². The minimum atomic E-state index is -3.77. The zero-order valence-corrected chi connectivity index (χ0v) is 12.3. The molecule has 1 N–H and O–H groups in total. The van der Waals surface area contributed by atoms with Crippen LogP contribution >= 0.6 is 0 Å². The summed E-state index contributed by atoms with van der Waals surface area (Å²) in [5, 5.41) is 9.16. The Labute approximate surface area is 123 Å². The van der Waals surface area contributed by atoms with E-state index in [1.165, 1.54) is 6.07 Å². The maximum atomic E-state index is 12.7. The third-order valence-electron chi connectivity index (χ3n) is 3.98. The third-order valence-corrected chi connectivity index (χ3v) is 5.88. The Kier molecular flexibility index (Phi) is 3.62. The van der Waals surface area contributed by atoms with Crippen LogP contribution in [0.2, 0.25) is 0 Å². The molecule has 1 atom stereocenters. The maximum absolute atomic E-state index is 12.7. The fraction of sp³-hybridized carbons (Fsp3) is 0.500. The Morgan fingerprint density at radius 3 is 2.90 bits per heavy atom. The Morgan fingerprint density at radius 1 is 1.33 bits per heavy atom. The molecule has 1 aromatic rings. The summed E-state index contributed by atoms with van der Waals surface area (Å²) in [7, 11) is -3.77. The van der Waals surface area contributed by atoms with E-state index in [-0.39, 0.29) is 11.4 Å². The van der Waals surface area contributed by atoms with Crippen molar-refractivity contribution in [3.8, 4) is 5.75 Å². The smallest absolute Gasteiger partial charge is 0.322 e. The molecule has 0 unspecified atom stereocenters. The van der Waals surface area contributed by atoms with Gasteiger partial charge in [-0.3, -0.25) is 4.79 Å². The van der Waals surface area contributed by atoms with Crippen molar-refractivity contribution in [1.82, 2.24) is 4.31 Å². The van der Waals surface area contributed by atoms with Gasteiger partial charge in [-0.15, -0.1) is 0 Å². The molecule has 2 heterocycles. The van der Waals surface area contributed by atoms with Crippen LogP contribution in [0, 0.1) is 0 Å². The molecule has 114 valence electrons. The predicted octanol–water partition coefficient (Wildman–Crippen LogP) is 1.25. The maximum Gasteiger partial charge on any atom is 0.322 e. The largest absolute Gasteiger partial charge is 0.493 e. The minimum Gasteiger partial charge on any atom is -0.493 e.